The number of carboxylic acid groups (broad SMARTS) is 1. The van der Waals surface area contributed by atoms with Crippen molar-refractivity contribution in [2.75, 3.05) is 0 Å². The van der Waals surface area contributed by atoms with Crippen LogP contribution in [-0.4, -0.2) is 17.0 Å². The summed E-state index contributed by atoms with van der Waals surface area (Å²) in [6.07, 6.45) is 11.3. The SMILES string of the molecule is CC1C=c2ccccc2=C(OC(=O)C2C[C@H](C(=O)O)[C@H]2C2C=CC=CC2C)C1. The number of hydrogen-bond donors (Lipinski definition) is 1. The zero-order chi connectivity index (χ0) is 19.8. The summed E-state index contributed by atoms with van der Waals surface area (Å²) in [5.74, 6) is -0.904. The van der Waals surface area contributed by atoms with Crippen LogP contribution in [0.3, 0.4) is 0 Å². The van der Waals surface area contributed by atoms with E-state index >= 15 is 0 Å². The van der Waals surface area contributed by atoms with Gasteiger partial charge in [0.15, 0.2) is 0 Å². The molecule has 0 aliphatic heterocycles. The summed E-state index contributed by atoms with van der Waals surface area (Å²) in [6.45, 7) is 4.19. The Kier molecular flexibility index (Phi) is 4.96. The van der Waals surface area contributed by atoms with Crippen molar-refractivity contribution in [3.63, 3.8) is 0 Å². The molecule has 6 atom stereocenters. The van der Waals surface area contributed by atoms with Crippen molar-refractivity contribution in [1.82, 2.24) is 0 Å². The number of benzene rings is 1. The number of hydrogen-bond acceptors (Lipinski definition) is 3. The molecule has 1 aromatic rings. The zero-order valence-electron chi connectivity index (χ0n) is 16.2. The summed E-state index contributed by atoms with van der Waals surface area (Å²) in [6, 6.07) is 7.95. The minimum atomic E-state index is -0.817. The van der Waals surface area contributed by atoms with E-state index in [1.807, 2.05) is 42.5 Å². The first-order valence-electron chi connectivity index (χ1n) is 10.0. The fourth-order valence-corrected chi connectivity index (χ4v) is 4.90. The molecule has 0 amide bonds. The smallest absolute Gasteiger partial charge is 0.314 e. The molecule has 1 N–H and O–H groups in total. The molecule has 3 aliphatic carbocycles. The molecule has 1 saturated carbocycles. The minimum absolute atomic E-state index is 0.0494. The number of aliphatic carboxylic acids is 1. The molecule has 0 aromatic heterocycles. The van der Waals surface area contributed by atoms with Gasteiger partial charge in [0.25, 0.3) is 0 Å². The fourth-order valence-electron chi connectivity index (χ4n) is 4.90. The lowest BCUT2D eigenvalue weighted by atomic mass is 9.56. The number of fused-ring (bicyclic) bond motifs is 1. The number of carbonyl (C=O) groups excluding carboxylic acids is 1. The van der Waals surface area contributed by atoms with Gasteiger partial charge < -0.3 is 9.84 Å². The van der Waals surface area contributed by atoms with Gasteiger partial charge in [-0.1, -0.05) is 68.5 Å². The van der Waals surface area contributed by atoms with E-state index in [2.05, 4.69) is 26.0 Å². The summed E-state index contributed by atoms with van der Waals surface area (Å²) in [7, 11) is 0. The van der Waals surface area contributed by atoms with Crippen molar-refractivity contribution >= 4 is 23.8 Å². The molecule has 4 nitrogen and oxygen atoms in total. The van der Waals surface area contributed by atoms with E-state index in [4.69, 9.17) is 4.74 Å². The topological polar surface area (TPSA) is 63.6 Å². The molecule has 4 rings (SSSR count). The average molecular weight is 378 g/mol. The second-order valence-corrected chi connectivity index (χ2v) is 8.35. The molecule has 1 aromatic carbocycles. The minimum Gasteiger partial charge on any atom is -0.481 e. The van der Waals surface area contributed by atoms with Crippen molar-refractivity contribution in [2.45, 2.75) is 26.7 Å². The van der Waals surface area contributed by atoms with E-state index in [-0.39, 0.29) is 29.6 Å². The van der Waals surface area contributed by atoms with Gasteiger partial charge in [-0.25, -0.2) is 0 Å². The van der Waals surface area contributed by atoms with Crippen molar-refractivity contribution in [2.24, 2.45) is 35.5 Å². The van der Waals surface area contributed by atoms with Gasteiger partial charge >= 0.3 is 11.9 Å². The molecule has 28 heavy (non-hydrogen) atoms. The first kappa shape index (κ1) is 18.7. The number of carbonyl (C=O) groups is 2. The monoisotopic (exact) mass is 378 g/mol. The second-order valence-electron chi connectivity index (χ2n) is 8.35. The number of ether oxygens (including phenoxy) is 1. The Hall–Kier alpha value is -2.62. The van der Waals surface area contributed by atoms with E-state index in [9.17, 15) is 14.7 Å². The Balaban J connectivity index is 1.60. The van der Waals surface area contributed by atoms with Crippen molar-refractivity contribution in [3.8, 4) is 0 Å². The Morgan fingerprint density at radius 3 is 2.57 bits per heavy atom. The van der Waals surface area contributed by atoms with E-state index in [0.29, 0.717) is 24.5 Å². The summed E-state index contributed by atoms with van der Waals surface area (Å²) in [5, 5.41) is 11.7. The molecule has 0 heterocycles. The average Bonchev–Trinajstić information content (AvgIpc) is 2.62. The van der Waals surface area contributed by atoms with Crippen LogP contribution in [0.1, 0.15) is 26.7 Å². The molecule has 0 bridgehead atoms. The lowest BCUT2D eigenvalue weighted by Crippen LogP contribution is -2.50. The Morgan fingerprint density at radius 1 is 1.07 bits per heavy atom. The van der Waals surface area contributed by atoms with Crippen LogP contribution >= 0.6 is 0 Å². The fraction of sp³-hybridized carbons (Fsp3) is 0.417. The number of esters is 1. The predicted molar refractivity (Wildman–Crippen MR) is 107 cm³/mol. The van der Waals surface area contributed by atoms with E-state index in [1.54, 1.807) is 0 Å². The molecule has 0 spiro atoms. The highest BCUT2D eigenvalue weighted by Crippen LogP contribution is 2.49. The van der Waals surface area contributed by atoms with Crippen LogP contribution in [0, 0.1) is 35.5 Å². The highest BCUT2D eigenvalue weighted by molar-refractivity contribution is 5.82. The Labute approximate surface area is 164 Å². The van der Waals surface area contributed by atoms with Crippen LogP contribution in [0.15, 0.2) is 48.6 Å². The molecule has 1 fully saturated rings. The molecule has 3 aliphatic rings. The molecule has 0 saturated heterocycles. The van der Waals surface area contributed by atoms with Gasteiger partial charge in [0, 0.05) is 11.6 Å². The largest absolute Gasteiger partial charge is 0.481 e. The third kappa shape index (κ3) is 3.32. The molecule has 0 radical (unpaired) electrons. The van der Waals surface area contributed by atoms with Gasteiger partial charge in [0.1, 0.15) is 5.76 Å². The summed E-state index contributed by atoms with van der Waals surface area (Å²) < 4.78 is 5.90. The Morgan fingerprint density at radius 2 is 1.82 bits per heavy atom. The normalized spacial score (nSPS) is 33.4. The molecule has 4 heteroatoms. The number of carboxylic acids is 1. The maximum absolute atomic E-state index is 13.0. The second kappa shape index (κ2) is 7.42. The first-order chi connectivity index (χ1) is 13.5. The quantitative estimate of drug-likeness (QED) is 0.819. The van der Waals surface area contributed by atoms with Gasteiger partial charge in [-0.05, 0) is 35.3 Å². The molecule has 146 valence electrons. The predicted octanol–water partition coefficient (Wildman–Crippen LogP) is 2.87. The standard InChI is InChI=1S/C24H26O4/c1-14-11-16-8-4-6-10-18(16)21(12-14)28-24(27)20-13-19(23(25)26)22(20)17-9-5-3-7-15(17)2/h3-11,14-15,17,19-20,22H,12-13H2,1-2H3,(H,25,26)/t14?,15?,17?,19-,20?,22+/m0/s1. The van der Waals surface area contributed by atoms with Gasteiger partial charge in [0.2, 0.25) is 0 Å². The highest BCUT2D eigenvalue weighted by atomic mass is 16.5. The van der Waals surface area contributed by atoms with Crippen molar-refractivity contribution in [1.29, 1.82) is 0 Å². The third-order valence-electron chi connectivity index (χ3n) is 6.42. The molecular formula is C24H26O4. The van der Waals surface area contributed by atoms with Gasteiger partial charge in [-0.2, -0.15) is 0 Å². The van der Waals surface area contributed by atoms with Gasteiger partial charge in [-0.15, -0.1) is 0 Å². The van der Waals surface area contributed by atoms with Crippen LogP contribution in [-0.2, 0) is 14.3 Å². The highest BCUT2D eigenvalue weighted by Gasteiger charge is 2.53. The maximum atomic E-state index is 13.0. The Bertz CT molecular complexity index is 971. The maximum Gasteiger partial charge on any atom is 0.314 e. The van der Waals surface area contributed by atoms with Crippen LogP contribution in [0.2, 0.25) is 0 Å². The van der Waals surface area contributed by atoms with Crippen molar-refractivity contribution < 1.29 is 19.4 Å². The number of allylic oxidation sites excluding steroid dienone is 4. The van der Waals surface area contributed by atoms with E-state index in [1.165, 1.54) is 0 Å². The lowest BCUT2D eigenvalue weighted by molar-refractivity contribution is -0.164. The molecule has 4 unspecified atom stereocenters. The molecular weight excluding hydrogens is 352 g/mol. The van der Waals surface area contributed by atoms with Crippen LogP contribution in [0.4, 0.5) is 0 Å². The van der Waals surface area contributed by atoms with E-state index in [0.717, 1.165) is 10.4 Å². The summed E-state index contributed by atoms with van der Waals surface area (Å²) >= 11 is 0. The van der Waals surface area contributed by atoms with Crippen molar-refractivity contribution in [3.05, 3.63) is 59.0 Å². The van der Waals surface area contributed by atoms with E-state index < -0.39 is 11.9 Å². The first-order valence-corrected chi connectivity index (χ1v) is 10.0. The van der Waals surface area contributed by atoms with Gasteiger partial charge in [-0.3, -0.25) is 9.59 Å². The zero-order valence-corrected chi connectivity index (χ0v) is 16.2. The van der Waals surface area contributed by atoms with Gasteiger partial charge in [0.05, 0.1) is 11.8 Å². The van der Waals surface area contributed by atoms with Crippen LogP contribution in [0.25, 0.3) is 11.8 Å². The summed E-state index contributed by atoms with van der Waals surface area (Å²) in [4.78, 5) is 24.8. The lowest BCUT2D eigenvalue weighted by Gasteiger charge is -2.46. The number of rotatable bonds is 4. The summed E-state index contributed by atoms with van der Waals surface area (Å²) in [5.41, 5.74) is 0. The third-order valence-corrected chi connectivity index (χ3v) is 6.42. The van der Waals surface area contributed by atoms with Crippen LogP contribution < -0.4 is 10.4 Å². The van der Waals surface area contributed by atoms with Crippen LogP contribution in [0.5, 0.6) is 0 Å².